The number of aromatic hydroxyl groups is 1. The minimum Gasteiger partial charge on any atom is -0.505 e. The summed E-state index contributed by atoms with van der Waals surface area (Å²) >= 11 is 0. The Balaban J connectivity index is 0.00000364. The molecular weight excluding hydrogens is 462 g/mol. The van der Waals surface area contributed by atoms with Crippen molar-refractivity contribution >= 4 is 35.8 Å². The number of hydrogen-bond acceptors (Lipinski definition) is 3. The summed E-state index contributed by atoms with van der Waals surface area (Å²) in [5.41, 5.74) is 0.690. The maximum Gasteiger partial charge on any atom is 0.225 e. The van der Waals surface area contributed by atoms with Gasteiger partial charge in [0, 0.05) is 31.6 Å². The van der Waals surface area contributed by atoms with Crippen molar-refractivity contribution in [3.63, 3.8) is 0 Å². The van der Waals surface area contributed by atoms with Crippen LogP contribution in [0.5, 0.6) is 5.75 Å². The van der Waals surface area contributed by atoms with Crippen LogP contribution in [0.3, 0.4) is 0 Å². The number of phenolic OH excluding ortho intramolecular Hbond substituents is 1. The van der Waals surface area contributed by atoms with Gasteiger partial charge in [-0.2, -0.15) is 0 Å². The number of halogens is 2. The molecule has 0 spiro atoms. The van der Waals surface area contributed by atoms with Gasteiger partial charge in [0.1, 0.15) is 0 Å². The van der Waals surface area contributed by atoms with Gasteiger partial charge in [-0.05, 0) is 37.5 Å². The monoisotopic (exact) mass is 492 g/mol. The highest BCUT2D eigenvalue weighted by Crippen LogP contribution is 2.17. The third-order valence-corrected chi connectivity index (χ3v) is 4.42. The fourth-order valence-corrected chi connectivity index (χ4v) is 2.94. The summed E-state index contributed by atoms with van der Waals surface area (Å²) < 4.78 is 13.4. The molecule has 1 aliphatic rings. The number of likely N-dealkylation sites (tertiary alicyclic amines) is 1. The van der Waals surface area contributed by atoms with Gasteiger partial charge in [-0.3, -0.25) is 4.79 Å². The van der Waals surface area contributed by atoms with Gasteiger partial charge in [-0.25, -0.2) is 9.38 Å². The third-order valence-electron chi connectivity index (χ3n) is 4.42. The molecule has 1 fully saturated rings. The Bertz CT molecular complexity index is 647. The van der Waals surface area contributed by atoms with Crippen LogP contribution in [0.15, 0.2) is 23.2 Å². The van der Waals surface area contributed by atoms with Gasteiger partial charge in [0.15, 0.2) is 17.5 Å². The number of benzene rings is 1. The van der Waals surface area contributed by atoms with Crippen LogP contribution in [-0.4, -0.2) is 47.5 Å². The second-order valence-electron chi connectivity index (χ2n) is 6.88. The molecule has 3 N–H and O–H groups in total. The fraction of sp³-hybridized carbons (Fsp3) is 0.579. The molecule has 0 atom stereocenters. The average molecular weight is 492 g/mol. The number of hydrogen-bond donors (Lipinski definition) is 3. The van der Waals surface area contributed by atoms with E-state index in [-0.39, 0.29) is 47.6 Å². The van der Waals surface area contributed by atoms with Gasteiger partial charge in [0.05, 0.1) is 6.54 Å². The van der Waals surface area contributed by atoms with Crippen molar-refractivity contribution < 1.29 is 14.3 Å². The van der Waals surface area contributed by atoms with E-state index in [0.717, 1.165) is 32.5 Å². The Kier molecular flexibility index (Phi) is 9.82. The van der Waals surface area contributed by atoms with Crippen molar-refractivity contribution in [2.75, 3.05) is 19.6 Å². The molecule has 27 heavy (non-hydrogen) atoms. The molecule has 0 unspecified atom stereocenters. The lowest BCUT2D eigenvalue weighted by atomic mass is 10.0. The minimum atomic E-state index is -0.641. The molecule has 0 aromatic heterocycles. The first kappa shape index (κ1) is 23.5. The van der Waals surface area contributed by atoms with Gasteiger partial charge in [0.25, 0.3) is 0 Å². The van der Waals surface area contributed by atoms with Gasteiger partial charge < -0.3 is 20.6 Å². The molecule has 1 amide bonds. The van der Waals surface area contributed by atoms with Gasteiger partial charge in [-0.1, -0.05) is 19.9 Å². The first-order valence-electron chi connectivity index (χ1n) is 9.21. The molecule has 1 aromatic carbocycles. The Labute approximate surface area is 177 Å². The first-order valence-corrected chi connectivity index (χ1v) is 9.21. The molecule has 0 aliphatic carbocycles. The van der Waals surface area contributed by atoms with Crippen LogP contribution in [0, 0.1) is 11.7 Å². The summed E-state index contributed by atoms with van der Waals surface area (Å²) in [5.74, 6) is -0.0830. The summed E-state index contributed by atoms with van der Waals surface area (Å²) in [6, 6.07) is 4.53. The Morgan fingerprint density at radius 1 is 1.37 bits per heavy atom. The quantitative estimate of drug-likeness (QED) is 0.336. The lowest BCUT2D eigenvalue weighted by Crippen LogP contribution is -2.50. The number of aliphatic imine (C=N–C) groups is 1. The Hall–Kier alpha value is -1.58. The van der Waals surface area contributed by atoms with Gasteiger partial charge >= 0.3 is 0 Å². The molecule has 1 aromatic rings. The van der Waals surface area contributed by atoms with Crippen LogP contribution in [0.2, 0.25) is 0 Å². The number of rotatable bonds is 5. The predicted octanol–water partition coefficient (Wildman–Crippen LogP) is 2.85. The van der Waals surface area contributed by atoms with E-state index in [2.05, 4.69) is 15.6 Å². The number of nitrogens with one attached hydrogen (secondary N) is 2. The molecule has 2 rings (SSSR count). The van der Waals surface area contributed by atoms with Crippen LogP contribution >= 0.6 is 24.0 Å². The standard InChI is InChI=1S/C19H29FN4O2.HI/c1-4-21-19(22-12-14-5-6-17(25)16(20)11-14)23-15-7-9-24(10-8-15)18(26)13(2)3;/h5-6,11,13,15,25H,4,7-10,12H2,1-3H3,(H2,21,22,23);1H. The smallest absolute Gasteiger partial charge is 0.225 e. The molecule has 0 bridgehead atoms. The molecule has 152 valence electrons. The van der Waals surface area contributed by atoms with Crippen LogP contribution in [0.25, 0.3) is 0 Å². The molecule has 1 aliphatic heterocycles. The second-order valence-corrected chi connectivity index (χ2v) is 6.88. The largest absolute Gasteiger partial charge is 0.505 e. The molecule has 0 saturated carbocycles. The van der Waals surface area contributed by atoms with E-state index in [1.807, 2.05) is 25.7 Å². The molecule has 1 saturated heterocycles. The highest BCUT2D eigenvalue weighted by Gasteiger charge is 2.24. The number of nitrogens with zero attached hydrogens (tertiary/aromatic N) is 2. The third kappa shape index (κ3) is 7.15. The lowest BCUT2D eigenvalue weighted by Gasteiger charge is -2.34. The van der Waals surface area contributed by atoms with E-state index in [1.165, 1.54) is 12.1 Å². The zero-order valence-corrected chi connectivity index (χ0v) is 18.5. The highest BCUT2D eigenvalue weighted by atomic mass is 127. The summed E-state index contributed by atoms with van der Waals surface area (Å²) in [6.07, 6.45) is 1.74. The zero-order valence-electron chi connectivity index (χ0n) is 16.2. The lowest BCUT2D eigenvalue weighted by molar-refractivity contribution is -0.135. The zero-order chi connectivity index (χ0) is 19.1. The number of phenols is 1. The fourth-order valence-electron chi connectivity index (χ4n) is 2.94. The van der Waals surface area contributed by atoms with E-state index < -0.39 is 5.82 Å². The molecular formula is C19H30FIN4O2. The summed E-state index contributed by atoms with van der Waals surface area (Å²) in [4.78, 5) is 18.5. The van der Waals surface area contributed by atoms with E-state index >= 15 is 0 Å². The van der Waals surface area contributed by atoms with Crippen molar-refractivity contribution in [3.05, 3.63) is 29.6 Å². The SMILES string of the molecule is CCNC(=NCc1ccc(O)c(F)c1)NC1CCN(C(=O)C(C)C)CC1.I. The van der Waals surface area contributed by atoms with E-state index in [4.69, 9.17) is 0 Å². The Morgan fingerprint density at radius 3 is 2.59 bits per heavy atom. The van der Waals surface area contributed by atoms with Gasteiger partial charge in [-0.15, -0.1) is 24.0 Å². The summed E-state index contributed by atoms with van der Waals surface area (Å²) in [5, 5.41) is 15.8. The topological polar surface area (TPSA) is 77.0 Å². The summed E-state index contributed by atoms with van der Waals surface area (Å²) in [6.45, 7) is 8.37. The van der Waals surface area contributed by atoms with Crippen molar-refractivity contribution in [1.29, 1.82) is 0 Å². The normalized spacial score (nSPS) is 15.4. The van der Waals surface area contributed by atoms with Crippen molar-refractivity contribution in [3.8, 4) is 5.75 Å². The maximum absolute atomic E-state index is 13.4. The van der Waals surface area contributed by atoms with Crippen molar-refractivity contribution in [2.45, 2.75) is 46.2 Å². The minimum absolute atomic E-state index is 0. The maximum atomic E-state index is 13.4. The van der Waals surface area contributed by atoms with E-state index in [0.29, 0.717) is 18.1 Å². The number of piperidine rings is 1. The van der Waals surface area contributed by atoms with Crippen molar-refractivity contribution in [1.82, 2.24) is 15.5 Å². The number of carbonyl (C=O) groups is 1. The number of carbonyl (C=O) groups excluding carboxylic acids is 1. The highest BCUT2D eigenvalue weighted by molar-refractivity contribution is 14.0. The second kappa shape index (κ2) is 11.3. The van der Waals surface area contributed by atoms with Crippen LogP contribution < -0.4 is 10.6 Å². The summed E-state index contributed by atoms with van der Waals surface area (Å²) in [7, 11) is 0. The first-order chi connectivity index (χ1) is 12.4. The molecule has 1 heterocycles. The van der Waals surface area contributed by atoms with Gasteiger partial charge in [0.2, 0.25) is 5.91 Å². The van der Waals surface area contributed by atoms with Crippen LogP contribution in [-0.2, 0) is 11.3 Å². The van der Waals surface area contributed by atoms with E-state index in [1.54, 1.807) is 6.07 Å². The molecule has 0 radical (unpaired) electrons. The average Bonchev–Trinajstić information content (AvgIpc) is 2.62. The number of amides is 1. The van der Waals surface area contributed by atoms with Crippen molar-refractivity contribution in [2.24, 2.45) is 10.9 Å². The van der Waals surface area contributed by atoms with Crippen LogP contribution in [0.1, 0.15) is 39.2 Å². The van der Waals surface area contributed by atoms with E-state index in [9.17, 15) is 14.3 Å². The molecule has 8 heteroatoms. The number of guanidine groups is 1. The Morgan fingerprint density at radius 2 is 2.04 bits per heavy atom. The molecule has 6 nitrogen and oxygen atoms in total. The predicted molar refractivity (Wildman–Crippen MR) is 116 cm³/mol. The van der Waals surface area contributed by atoms with Crippen LogP contribution in [0.4, 0.5) is 4.39 Å².